The molecule has 0 aliphatic carbocycles. The fraction of sp³-hybridized carbons (Fsp3) is 0.600. The molecule has 1 aromatic carbocycles. The fourth-order valence-corrected chi connectivity index (χ4v) is 2.04. The smallest absolute Gasteiger partial charge is 0.395 e. The lowest BCUT2D eigenvalue weighted by Crippen LogP contribution is -2.22. The quantitative estimate of drug-likeness (QED) is 0.528. The van der Waals surface area contributed by atoms with Gasteiger partial charge in [-0.25, -0.2) is 0 Å². The number of hydrogen-bond donors (Lipinski definition) is 2. The molecule has 2 N–H and O–H groups in total. The summed E-state index contributed by atoms with van der Waals surface area (Å²) in [7, 11) is 3.25. The number of aliphatic hydroxyl groups excluding tert-OH is 1. The van der Waals surface area contributed by atoms with Crippen molar-refractivity contribution in [3.05, 3.63) is 35.4 Å². The van der Waals surface area contributed by atoms with Crippen LogP contribution >= 0.6 is 0 Å². The topological polar surface area (TPSA) is 41.5 Å². The zero-order chi connectivity index (χ0) is 14.1. The summed E-state index contributed by atoms with van der Waals surface area (Å²) in [6.07, 6.45) is 3.04. The minimum Gasteiger partial charge on any atom is -0.427 e. The van der Waals surface area contributed by atoms with E-state index in [1.54, 1.807) is 14.7 Å². The van der Waals surface area contributed by atoms with Gasteiger partial charge in [0.15, 0.2) is 0 Å². The third-order valence-electron chi connectivity index (χ3n) is 3.09. The van der Waals surface area contributed by atoms with E-state index in [2.05, 4.69) is 43.3 Å². The second kappa shape index (κ2) is 8.36. The largest absolute Gasteiger partial charge is 0.427 e. The molecule has 0 spiro atoms. The highest BCUT2D eigenvalue weighted by Crippen LogP contribution is 2.21. The van der Waals surface area contributed by atoms with Crippen molar-refractivity contribution in [2.45, 2.75) is 33.1 Å². The number of aryl methyl sites for hydroxylation is 1. The number of benzene rings is 1. The molecule has 0 bridgehead atoms. The summed E-state index contributed by atoms with van der Waals surface area (Å²) in [5.74, 6) is 0. The molecule has 0 saturated heterocycles. The zero-order valence-electron chi connectivity index (χ0n) is 12.3. The minimum atomic E-state index is -0.0480. The summed E-state index contributed by atoms with van der Waals surface area (Å²) in [5, 5.41) is 12.4. The van der Waals surface area contributed by atoms with Crippen LogP contribution in [0, 0.1) is 5.41 Å². The molecule has 0 aromatic heterocycles. The first-order chi connectivity index (χ1) is 9.07. The van der Waals surface area contributed by atoms with Gasteiger partial charge in [-0.05, 0) is 42.3 Å². The minimum absolute atomic E-state index is 0.0480. The van der Waals surface area contributed by atoms with Crippen LogP contribution in [0.15, 0.2) is 24.3 Å². The van der Waals surface area contributed by atoms with Crippen LogP contribution in [0.25, 0.3) is 0 Å². The van der Waals surface area contributed by atoms with Crippen molar-refractivity contribution in [3.8, 4) is 0 Å². The molecule has 105 valence electrons. The van der Waals surface area contributed by atoms with Crippen LogP contribution in [0.2, 0.25) is 0 Å². The van der Waals surface area contributed by atoms with Crippen LogP contribution in [-0.4, -0.2) is 33.0 Å². The van der Waals surface area contributed by atoms with Gasteiger partial charge >= 0.3 is 7.62 Å². The average Bonchev–Trinajstić information content (AvgIpc) is 2.38. The summed E-state index contributed by atoms with van der Waals surface area (Å²) < 4.78 is 4.82. The van der Waals surface area contributed by atoms with E-state index in [1.807, 2.05) is 0 Å². The van der Waals surface area contributed by atoms with Gasteiger partial charge in [0.25, 0.3) is 0 Å². The summed E-state index contributed by atoms with van der Waals surface area (Å²) >= 11 is 0. The number of nitrogens with one attached hydrogen (secondary N) is 1. The molecule has 0 aliphatic rings. The Bertz CT molecular complexity index is 369. The maximum atomic E-state index is 9.32. The van der Waals surface area contributed by atoms with Gasteiger partial charge in [0, 0.05) is 13.7 Å². The number of aliphatic hydroxyl groups is 1. The van der Waals surface area contributed by atoms with Gasteiger partial charge in [-0.2, -0.15) is 0 Å². The summed E-state index contributed by atoms with van der Waals surface area (Å²) in [4.78, 5) is 0. The second-order valence-electron chi connectivity index (χ2n) is 5.73. The van der Waals surface area contributed by atoms with E-state index in [1.165, 1.54) is 11.1 Å². The molecular formula is C15H25BNO2. The molecule has 0 heterocycles. The van der Waals surface area contributed by atoms with E-state index >= 15 is 0 Å². The predicted molar refractivity (Wildman–Crippen MR) is 80.1 cm³/mol. The molecule has 0 amide bonds. The van der Waals surface area contributed by atoms with Crippen molar-refractivity contribution in [2.75, 3.05) is 20.3 Å². The summed E-state index contributed by atoms with van der Waals surface area (Å²) in [6, 6.07) is 8.65. The molecule has 19 heavy (non-hydrogen) atoms. The van der Waals surface area contributed by atoms with Gasteiger partial charge in [0.05, 0.1) is 0 Å². The standard InChI is InChI=1S/C15H25BNO2/c1-15(2,12-18)11-14-7-4-6-13(10-14)8-5-9-17-16-19-3/h4,6-7,10,17-18H,5,8-9,11-12H2,1-3H3. The Labute approximate surface area is 117 Å². The molecule has 1 radical (unpaired) electrons. The number of rotatable bonds is 9. The lowest BCUT2D eigenvalue weighted by molar-refractivity contribution is 0.159. The Morgan fingerprint density at radius 1 is 1.32 bits per heavy atom. The highest BCUT2D eigenvalue weighted by molar-refractivity contribution is 6.23. The van der Waals surface area contributed by atoms with E-state index in [-0.39, 0.29) is 12.0 Å². The van der Waals surface area contributed by atoms with Crippen LogP contribution in [0.5, 0.6) is 0 Å². The van der Waals surface area contributed by atoms with Crippen LogP contribution in [0.3, 0.4) is 0 Å². The number of hydrogen-bond acceptors (Lipinski definition) is 3. The van der Waals surface area contributed by atoms with Crippen molar-refractivity contribution in [2.24, 2.45) is 5.41 Å². The van der Waals surface area contributed by atoms with Crippen molar-refractivity contribution in [3.63, 3.8) is 0 Å². The summed E-state index contributed by atoms with van der Waals surface area (Å²) in [5.41, 5.74) is 2.60. The van der Waals surface area contributed by atoms with Crippen LogP contribution in [-0.2, 0) is 17.5 Å². The van der Waals surface area contributed by atoms with Crippen molar-refractivity contribution in [1.29, 1.82) is 0 Å². The van der Waals surface area contributed by atoms with Gasteiger partial charge < -0.3 is 15.0 Å². The van der Waals surface area contributed by atoms with Crippen molar-refractivity contribution >= 4 is 7.62 Å². The third kappa shape index (κ3) is 6.76. The Balaban J connectivity index is 2.43. The lowest BCUT2D eigenvalue weighted by Gasteiger charge is -2.21. The van der Waals surface area contributed by atoms with Crippen molar-refractivity contribution < 1.29 is 9.76 Å². The maximum absolute atomic E-state index is 9.32. The normalized spacial score (nSPS) is 11.6. The average molecular weight is 262 g/mol. The molecule has 0 fully saturated rings. The Morgan fingerprint density at radius 2 is 2.05 bits per heavy atom. The summed E-state index contributed by atoms with van der Waals surface area (Å²) in [6.45, 7) is 5.31. The Morgan fingerprint density at radius 3 is 2.74 bits per heavy atom. The van der Waals surface area contributed by atoms with Crippen LogP contribution < -0.4 is 5.23 Å². The monoisotopic (exact) mass is 262 g/mol. The van der Waals surface area contributed by atoms with Gasteiger partial charge in [0.2, 0.25) is 0 Å². The van der Waals surface area contributed by atoms with E-state index in [4.69, 9.17) is 4.65 Å². The molecular weight excluding hydrogens is 237 g/mol. The van der Waals surface area contributed by atoms with Crippen LogP contribution in [0.1, 0.15) is 31.4 Å². The molecule has 1 aromatic rings. The highest BCUT2D eigenvalue weighted by atomic mass is 16.4. The lowest BCUT2D eigenvalue weighted by atomic mass is 9.86. The predicted octanol–water partition coefficient (Wildman–Crippen LogP) is 1.95. The van der Waals surface area contributed by atoms with E-state index in [0.29, 0.717) is 0 Å². The zero-order valence-corrected chi connectivity index (χ0v) is 12.3. The first-order valence-corrected chi connectivity index (χ1v) is 6.84. The highest BCUT2D eigenvalue weighted by Gasteiger charge is 2.16. The first-order valence-electron chi connectivity index (χ1n) is 6.84. The molecule has 0 atom stereocenters. The van der Waals surface area contributed by atoms with E-state index < -0.39 is 0 Å². The molecule has 0 aliphatic heterocycles. The molecule has 3 nitrogen and oxygen atoms in total. The Hall–Kier alpha value is -0.835. The SMILES string of the molecule is CO[B]NCCCc1cccc(CC(C)(C)CO)c1. The maximum Gasteiger partial charge on any atom is 0.395 e. The molecule has 0 unspecified atom stereocenters. The first kappa shape index (κ1) is 16.2. The molecule has 4 heteroatoms. The molecule has 1 rings (SSSR count). The van der Waals surface area contributed by atoms with Crippen molar-refractivity contribution in [1.82, 2.24) is 5.23 Å². The second-order valence-corrected chi connectivity index (χ2v) is 5.73. The van der Waals surface area contributed by atoms with Gasteiger partial charge in [-0.1, -0.05) is 38.1 Å². The van der Waals surface area contributed by atoms with E-state index in [9.17, 15) is 5.11 Å². The Kier molecular flexibility index (Phi) is 7.14. The third-order valence-corrected chi connectivity index (χ3v) is 3.09. The van der Waals surface area contributed by atoms with E-state index in [0.717, 1.165) is 25.8 Å². The fourth-order valence-electron chi connectivity index (χ4n) is 2.04. The van der Waals surface area contributed by atoms with Gasteiger partial charge in [-0.15, -0.1) is 0 Å². The van der Waals surface area contributed by atoms with Gasteiger partial charge in [0.1, 0.15) is 0 Å². The van der Waals surface area contributed by atoms with Crippen LogP contribution in [0.4, 0.5) is 0 Å². The van der Waals surface area contributed by atoms with Gasteiger partial charge in [-0.3, -0.25) is 0 Å². The molecule has 0 saturated carbocycles.